The zero-order valence-corrected chi connectivity index (χ0v) is 6.31. The van der Waals surface area contributed by atoms with Crippen LogP contribution in [0.4, 0.5) is 0 Å². The molecule has 0 saturated carbocycles. The van der Waals surface area contributed by atoms with Gasteiger partial charge in [0.05, 0.1) is 6.10 Å². The average molecular weight is 153 g/mol. The molecule has 5 heteroatoms. The summed E-state index contributed by atoms with van der Waals surface area (Å²) >= 11 is 0. The molecule has 0 rings (SSSR count). The maximum Gasteiger partial charge on any atom is 0.233 e. The Kier molecular flexibility index (Phi) is 3.10. The third-order valence-electron chi connectivity index (χ3n) is 0.566. The molecule has 0 amide bonds. The third-order valence-corrected chi connectivity index (χ3v) is 1.03. The van der Waals surface area contributed by atoms with Crippen molar-refractivity contribution in [3.8, 4) is 0 Å². The van der Waals surface area contributed by atoms with Crippen LogP contribution in [0.25, 0.3) is 0 Å². The van der Waals surface area contributed by atoms with E-state index in [9.17, 15) is 8.42 Å². The average Bonchev–Trinajstić information content (AvgIpc) is 1.59. The van der Waals surface area contributed by atoms with Gasteiger partial charge < -0.3 is 4.74 Å². The molecule has 0 aliphatic rings. The van der Waals surface area contributed by atoms with Gasteiger partial charge in [-0.3, -0.25) is 0 Å². The molecule has 0 fully saturated rings. The quantitative estimate of drug-likeness (QED) is 0.603. The van der Waals surface area contributed by atoms with Crippen molar-refractivity contribution in [1.29, 1.82) is 0 Å². The van der Waals surface area contributed by atoms with Crippen LogP contribution in [0.3, 0.4) is 0 Å². The van der Waals surface area contributed by atoms with Crippen LogP contribution in [0.1, 0.15) is 13.8 Å². The first kappa shape index (κ1) is 8.87. The fraction of sp³-hybridized carbons (Fsp3) is 1.00. The molecule has 4 nitrogen and oxygen atoms in total. The van der Waals surface area contributed by atoms with Crippen LogP contribution >= 0.6 is 0 Å². The van der Waals surface area contributed by atoms with Crippen molar-refractivity contribution in [3.63, 3.8) is 0 Å². The van der Waals surface area contributed by atoms with Gasteiger partial charge in [-0.25, -0.2) is 13.6 Å². The minimum absolute atomic E-state index is 0.0941. The van der Waals surface area contributed by atoms with Crippen LogP contribution in [0.5, 0.6) is 0 Å². The molecule has 0 aliphatic heterocycles. The molecule has 0 radical (unpaired) electrons. The lowest BCUT2D eigenvalue weighted by Crippen LogP contribution is -2.20. The van der Waals surface area contributed by atoms with Gasteiger partial charge in [-0.1, -0.05) is 0 Å². The molecule has 0 saturated heterocycles. The van der Waals surface area contributed by atoms with Crippen molar-refractivity contribution in [2.45, 2.75) is 20.0 Å². The van der Waals surface area contributed by atoms with E-state index in [1.807, 2.05) is 0 Å². The van der Waals surface area contributed by atoms with Crippen LogP contribution in [-0.4, -0.2) is 20.5 Å². The van der Waals surface area contributed by atoms with Crippen LogP contribution in [-0.2, 0) is 14.8 Å². The highest BCUT2D eigenvalue weighted by molar-refractivity contribution is 7.88. The first-order valence-corrected chi connectivity index (χ1v) is 4.25. The number of sulfonamides is 1. The van der Waals surface area contributed by atoms with E-state index in [-0.39, 0.29) is 6.10 Å². The normalized spacial score (nSPS) is 12.4. The summed E-state index contributed by atoms with van der Waals surface area (Å²) in [5, 5.41) is 4.63. The minimum Gasteiger partial charge on any atom is -0.361 e. The maximum absolute atomic E-state index is 10.2. The zero-order valence-electron chi connectivity index (χ0n) is 5.49. The van der Waals surface area contributed by atoms with Gasteiger partial charge in [-0.05, 0) is 13.8 Å². The highest BCUT2D eigenvalue weighted by atomic mass is 32.2. The van der Waals surface area contributed by atoms with Gasteiger partial charge in [-0.2, -0.15) is 0 Å². The molecule has 0 atom stereocenters. The van der Waals surface area contributed by atoms with Crippen LogP contribution < -0.4 is 5.14 Å². The second kappa shape index (κ2) is 3.14. The minimum atomic E-state index is -3.44. The van der Waals surface area contributed by atoms with E-state index in [2.05, 4.69) is 5.14 Å². The molecule has 0 heterocycles. The van der Waals surface area contributed by atoms with Crippen molar-refractivity contribution in [3.05, 3.63) is 0 Å². The summed E-state index contributed by atoms with van der Waals surface area (Å²) in [6.45, 7) is 3.48. The van der Waals surface area contributed by atoms with E-state index >= 15 is 0 Å². The molecule has 0 unspecified atom stereocenters. The number of ether oxygens (including phenoxy) is 1. The fourth-order valence-corrected chi connectivity index (χ4v) is 0.693. The van der Waals surface area contributed by atoms with E-state index in [1.54, 1.807) is 13.8 Å². The highest BCUT2D eigenvalue weighted by Crippen LogP contribution is 1.88. The van der Waals surface area contributed by atoms with Crippen molar-refractivity contribution >= 4 is 10.0 Å². The Labute approximate surface area is 55.0 Å². The van der Waals surface area contributed by atoms with Crippen molar-refractivity contribution < 1.29 is 13.2 Å². The maximum atomic E-state index is 10.2. The molecule has 0 bridgehead atoms. The van der Waals surface area contributed by atoms with Gasteiger partial charge in [0.1, 0.15) is 0 Å². The molecular weight excluding hydrogens is 142 g/mol. The van der Waals surface area contributed by atoms with Crippen molar-refractivity contribution in [1.82, 2.24) is 0 Å². The van der Waals surface area contributed by atoms with E-state index in [4.69, 9.17) is 4.74 Å². The topological polar surface area (TPSA) is 69.4 Å². The molecule has 56 valence electrons. The third kappa shape index (κ3) is 7.87. The molecule has 0 aliphatic carbocycles. The lowest BCUT2D eigenvalue weighted by molar-refractivity contribution is 0.115. The summed E-state index contributed by atoms with van der Waals surface area (Å²) in [4.78, 5) is 0. The molecule has 0 aromatic heterocycles. The van der Waals surface area contributed by atoms with Gasteiger partial charge in [-0.15, -0.1) is 0 Å². The number of hydrogen-bond acceptors (Lipinski definition) is 3. The summed E-state index contributed by atoms with van der Waals surface area (Å²) in [7, 11) is -3.44. The van der Waals surface area contributed by atoms with Gasteiger partial charge in [0.25, 0.3) is 0 Å². The number of nitrogens with two attached hydrogens (primary N) is 1. The van der Waals surface area contributed by atoms with E-state index in [0.29, 0.717) is 0 Å². The second-order valence-corrected chi connectivity index (χ2v) is 3.56. The largest absolute Gasteiger partial charge is 0.361 e. The first-order chi connectivity index (χ1) is 3.92. The molecule has 2 N–H and O–H groups in total. The molecular formula is C4H11NO3S. The SMILES string of the molecule is CC(C)OCS(N)(=O)=O. The molecule has 0 aromatic carbocycles. The predicted octanol–water partition coefficient (Wildman–Crippen LogP) is -0.343. The first-order valence-electron chi connectivity index (χ1n) is 2.54. The van der Waals surface area contributed by atoms with Gasteiger partial charge in [0.15, 0.2) is 5.94 Å². The Morgan fingerprint density at radius 3 is 2.11 bits per heavy atom. The smallest absolute Gasteiger partial charge is 0.233 e. The summed E-state index contributed by atoms with van der Waals surface area (Å²) in [6.07, 6.45) is -0.0941. The Morgan fingerprint density at radius 1 is 1.56 bits per heavy atom. The number of hydrogen-bond donors (Lipinski definition) is 1. The van der Waals surface area contributed by atoms with Crippen molar-refractivity contribution in [2.24, 2.45) is 5.14 Å². The van der Waals surface area contributed by atoms with Gasteiger partial charge >= 0.3 is 0 Å². The molecule has 0 aromatic rings. The van der Waals surface area contributed by atoms with Crippen molar-refractivity contribution in [2.75, 3.05) is 5.94 Å². The van der Waals surface area contributed by atoms with Crippen LogP contribution in [0.2, 0.25) is 0 Å². The summed E-state index contributed by atoms with van der Waals surface area (Å²) in [6, 6.07) is 0. The van der Waals surface area contributed by atoms with E-state index in [1.165, 1.54) is 0 Å². The Bertz CT molecular complexity index is 161. The van der Waals surface area contributed by atoms with Gasteiger partial charge in [0.2, 0.25) is 10.0 Å². The summed E-state index contributed by atoms with van der Waals surface area (Å²) in [5.74, 6) is -0.398. The second-order valence-electron chi connectivity index (χ2n) is 2.00. The standard InChI is InChI=1S/C4H11NO3S/c1-4(2)8-3-9(5,6)7/h4H,3H2,1-2H3,(H2,5,6,7). The Balaban J connectivity index is 3.53. The Hall–Kier alpha value is -0.130. The molecule has 9 heavy (non-hydrogen) atoms. The van der Waals surface area contributed by atoms with Gasteiger partial charge in [0, 0.05) is 0 Å². The number of primary sulfonamides is 1. The predicted molar refractivity (Wildman–Crippen MR) is 34.2 cm³/mol. The van der Waals surface area contributed by atoms with E-state index in [0.717, 1.165) is 0 Å². The summed E-state index contributed by atoms with van der Waals surface area (Å²) in [5.41, 5.74) is 0. The highest BCUT2D eigenvalue weighted by Gasteiger charge is 2.02. The summed E-state index contributed by atoms with van der Waals surface area (Å²) < 4.78 is 25.1. The van der Waals surface area contributed by atoms with E-state index < -0.39 is 16.0 Å². The van der Waals surface area contributed by atoms with Crippen LogP contribution in [0.15, 0.2) is 0 Å². The van der Waals surface area contributed by atoms with Crippen LogP contribution in [0, 0.1) is 0 Å². The Morgan fingerprint density at radius 2 is 2.00 bits per heavy atom. The monoisotopic (exact) mass is 153 g/mol. The zero-order chi connectivity index (χ0) is 7.49. The molecule has 0 spiro atoms. The lowest BCUT2D eigenvalue weighted by Gasteiger charge is -2.03. The fourth-order valence-electron chi connectivity index (χ4n) is 0.231. The lowest BCUT2D eigenvalue weighted by atomic mass is 10.5. The number of rotatable bonds is 3.